The fourth-order valence-electron chi connectivity index (χ4n) is 7.49. The van der Waals surface area contributed by atoms with Gasteiger partial charge in [-0.3, -0.25) is 9.78 Å². The molecular formula is C32H36F2N4O2. The van der Waals surface area contributed by atoms with E-state index in [1.54, 1.807) is 0 Å². The van der Waals surface area contributed by atoms with E-state index in [0.29, 0.717) is 18.4 Å². The molecule has 1 unspecified atom stereocenters. The Morgan fingerprint density at radius 2 is 1.80 bits per heavy atom. The molecule has 1 atom stereocenters. The molecule has 0 aliphatic heterocycles. The molecule has 5 aliphatic rings. The largest absolute Gasteiger partial charge is 0.334 e. The summed E-state index contributed by atoms with van der Waals surface area (Å²) in [6.45, 7) is 2.60. The molecule has 0 N–H and O–H groups in total. The van der Waals surface area contributed by atoms with E-state index in [-0.39, 0.29) is 36.0 Å². The predicted molar refractivity (Wildman–Crippen MR) is 147 cm³/mol. The number of amides is 1. The number of fused-ring (bicyclic) bond motifs is 3. The van der Waals surface area contributed by atoms with Crippen molar-refractivity contribution in [3.63, 3.8) is 0 Å². The van der Waals surface area contributed by atoms with Crippen molar-refractivity contribution in [3.8, 4) is 11.5 Å². The fourth-order valence-corrected chi connectivity index (χ4v) is 7.49. The zero-order valence-electron chi connectivity index (χ0n) is 23.0. The van der Waals surface area contributed by atoms with Gasteiger partial charge < -0.3 is 9.42 Å². The van der Waals surface area contributed by atoms with Crippen LogP contribution in [0.5, 0.6) is 0 Å². The second-order valence-corrected chi connectivity index (χ2v) is 13.0. The number of hydrogen-bond donors (Lipinski definition) is 0. The number of aromatic nitrogens is 3. The van der Waals surface area contributed by atoms with Crippen LogP contribution in [0.2, 0.25) is 0 Å². The predicted octanol–water partition coefficient (Wildman–Crippen LogP) is 7.38. The highest BCUT2D eigenvalue weighted by molar-refractivity contribution is 5.96. The Morgan fingerprint density at radius 3 is 2.48 bits per heavy atom. The van der Waals surface area contributed by atoms with Gasteiger partial charge in [-0.2, -0.15) is 4.98 Å². The van der Waals surface area contributed by atoms with Gasteiger partial charge in [0, 0.05) is 54.4 Å². The van der Waals surface area contributed by atoms with Gasteiger partial charge in [0.15, 0.2) is 5.82 Å². The molecule has 8 heteroatoms. The molecule has 210 valence electrons. The second-order valence-electron chi connectivity index (χ2n) is 13.0. The molecule has 0 radical (unpaired) electrons. The van der Waals surface area contributed by atoms with Crippen molar-refractivity contribution in [3.05, 3.63) is 59.7 Å². The lowest BCUT2D eigenvalue weighted by Crippen LogP contribution is -2.51. The van der Waals surface area contributed by atoms with E-state index in [2.05, 4.69) is 27.3 Å². The Hall–Kier alpha value is -3.16. The molecule has 0 spiro atoms. The van der Waals surface area contributed by atoms with E-state index in [4.69, 9.17) is 4.52 Å². The topological polar surface area (TPSA) is 72.1 Å². The highest BCUT2D eigenvalue weighted by atomic mass is 19.3. The number of nitrogens with zero attached hydrogens (tertiary/aromatic N) is 4. The molecule has 3 aromatic rings. The lowest BCUT2D eigenvalue weighted by molar-refractivity contribution is -0.124. The van der Waals surface area contributed by atoms with E-state index in [1.807, 2.05) is 42.3 Å². The number of aryl methyl sites for hydroxylation is 1. The van der Waals surface area contributed by atoms with E-state index >= 15 is 0 Å². The summed E-state index contributed by atoms with van der Waals surface area (Å²) in [7, 11) is 0. The first kappa shape index (κ1) is 25.8. The van der Waals surface area contributed by atoms with Crippen molar-refractivity contribution in [1.29, 1.82) is 0 Å². The summed E-state index contributed by atoms with van der Waals surface area (Å²) in [6, 6.07) is 12.0. The van der Waals surface area contributed by atoms with Crippen LogP contribution in [-0.2, 0) is 10.2 Å². The molecular weight excluding hydrogens is 510 g/mol. The van der Waals surface area contributed by atoms with Gasteiger partial charge in [0.25, 0.3) is 5.89 Å². The first-order chi connectivity index (χ1) is 19.2. The van der Waals surface area contributed by atoms with E-state index < -0.39 is 11.8 Å². The minimum Gasteiger partial charge on any atom is -0.334 e. The van der Waals surface area contributed by atoms with Crippen LogP contribution in [0.25, 0.3) is 11.5 Å². The number of hydrogen-bond acceptors (Lipinski definition) is 5. The molecule has 5 saturated carbocycles. The van der Waals surface area contributed by atoms with Crippen molar-refractivity contribution in [2.75, 3.05) is 11.4 Å². The van der Waals surface area contributed by atoms with Crippen molar-refractivity contribution >= 4 is 11.6 Å². The molecule has 2 aromatic heterocycles. The van der Waals surface area contributed by atoms with Gasteiger partial charge >= 0.3 is 0 Å². The number of pyridine rings is 1. The fraction of sp³-hybridized carbons (Fsp3) is 0.562. The molecule has 6 nitrogen and oxygen atoms in total. The normalized spacial score (nSPS) is 29.0. The Morgan fingerprint density at radius 1 is 1.02 bits per heavy atom. The van der Waals surface area contributed by atoms with Crippen LogP contribution in [0.4, 0.5) is 14.5 Å². The number of rotatable bonds is 7. The van der Waals surface area contributed by atoms with Crippen LogP contribution in [0.3, 0.4) is 0 Å². The maximum atomic E-state index is 14.2. The van der Waals surface area contributed by atoms with E-state index in [9.17, 15) is 13.6 Å². The van der Waals surface area contributed by atoms with Crippen molar-refractivity contribution in [2.24, 2.45) is 11.3 Å². The first-order valence-electron chi connectivity index (χ1n) is 14.8. The number of alkyl halides is 2. The zero-order chi connectivity index (χ0) is 27.5. The highest BCUT2D eigenvalue weighted by Crippen LogP contribution is 2.58. The molecule has 1 amide bonds. The molecule has 2 bridgehead atoms. The monoisotopic (exact) mass is 546 g/mol. The van der Waals surface area contributed by atoms with Crippen molar-refractivity contribution < 1.29 is 18.1 Å². The van der Waals surface area contributed by atoms with Gasteiger partial charge in [0.2, 0.25) is 11.8 Å². The zero-order valence-corrected chi connectivity index (χ0v) is 23.0. The number of benzene rings is 1. The summed E-state index contributed by atoms with van der Waals surface area (Å²) in [5.74, 6) is -2.06. The Kier molecular flexibility index (Phi) is 6.09. The minimum atomic E-state index is -2.77. The second kappa shape index (κ2) is 9.45. The van der Waals surface area contributed by atoms with Gasteiger partial charge in [0.1, 0.15) is 0 Å². The average Bonchev–Trinajstić information content (AvgIpc) is 3.58. The summed E-state index contributed by atoms with van der Waals surface area (Å²) in [4.78, 5) is 24.8. The SMILES string of the molecule is Cc1cc(C23CCC(CN(C(=O)C4CCC(F)(F)C4)c4cccc(-c5nc(C6CC6)no5)c4)(CC2)CC3)ccn1. The lowest BCUT2D eigenvalue weighted by atomic mass is 9.52. The molecule has 5 fully saturated rings. The minimum absolute atomic E-state index is 0.0136. The van der Waals surface area contributed by atoms with Crippen LogP contribution in [-0.4, -0.2) is 33.5 Å². The molecule has 5 aliphatic carbocycles. The van der Waals surface area contributed by atoms with Gasteiger partial charge in [-0.15, -0.1) is 0 Å². The third kappa shape index (κ3) is 4.73. The first-order valence-corrected chi connectivity index (χ1v) is 14.8. The summed E-state index contributed by atoms with van der Waals surface area (Å²) >= 11 is 0. The number of halogens is 2. The average molecular weight is 547 g/mol. The highest BCUT2D eigenvalue weighted by Gasteiger charge is 2.51. The number of carbonyl (C=O) groups excluding carboxylic acids is 1. The maximum absolute atomic E-state index is 14.2. The van der Waals surface area contributed by atoms with Gasteiger partial charge in [-0.05, 0) is 111 Å². The molecule has 8 rings (SSSR count). The Bertz CT molecular complexity index is 1410. The van der Waals surface area contributed by atoms with Crippen LogP contribution in [0, 0.1) is 18.3 Å². The van der Waals surface area contributed by atoms with Crippen LogP contribution in [0.15, 0.2) is 47.1 Å². The van der Waals surface area contributed by atoms with Crippen molar-refractivity contribution in [1.82, 2.24) is 15.1 Å². The third-order valence-corrected chi connectivity index (χ3v) is 10.2. The van der Waals surface area contributed by atoms with E-state index in [1.165, 1.54) is 5.56 Å². The van der Waals surface area contributed by atoms with Gasteiger partial charge in [0.05, 0.1) is 0 Å². The molecule has 0 saturated heterocycles. The lowest BCUT2D eigenvalue weighted by Gasteiger charge is -2.55. The number of anilines is 1. The van der Waals surface area contributed by atoms with Crippen LogP contribution in [0.1, 0.15) is 93.6 Å². The summed E-state index contributed by atoms with van der Waals surface area (Å²) in [5, 5.41) is 4.15. The third-order valence-electron chi connectivity index (χ3n) is 10.2. The van der Waals surface area contributed by atoms with Crippen LogP contribution >= 0.6 is 0 Å². The Balaban J connectivity index is 1.17. The summed E-state index contributed by atoms with van der Waals surface area (Å²) in [6.07, 6.45) is 10.0. The maximum Gasteiger partial charge on any atom is 0.258 e. The Labute approximate surface area is 233 Å². The number of carbonyl (C=O) groups is 1. The van der Waals surface area contributed by atoms with Crippen LogP contribution < -0.4 is 4.90 Å². The van der Waals surface area contributed by atoms with Crippen molar-refractivity contribution in [2.45, 2.75) is 94.8 Å². The molecule has 40 heavy (non-hydrogen) atoms. The van der Waals surface area contributed by atoms with E-state index in [0.717, 1.165) is 74.1 Å². The van der Waals surface area contributed by atoms with Gasteiger partial charge in [-0.25, -0.2) is 8.78 Å². The van der Waals surface area contributed by atoms with Gasteiger partial charge in [-0.1, -0.05) is 11.2 Å². The summed E-state index contributed by atoms with van der Waals surface area (Å²) < 4.78 is 34.0. The standard InChI is InChI=1S/C32H36F2N4O2/c1-21-17-25(8-16-35-21)31-13-10-30(11-14-31,12-15-31)20-38(29(39)24-7-9-32(33,34)19-24)26-4-2-3-23(18-26)28-36-27(37-40-28)22-5-6-22/h2-4,8,16-18,22,24H,5-7,9-15,19-20H2,1H3. The molecule has 1 aromatic carbocycles. The molecule has 2 heterocycles. The summed E-state index contributed by atoms with van der Waals surface area (Å²) in [5.41, 5.74) is 4.07. The smallest absolute Gasteiger partial charge is 0.258 e. The quantitative estimate of drug-likeness (QED) is 0.309.